The Labute approximate surface area is 215 Å². The number of rotatable bonds is 8. The van der Waals surface area contributed by atoms with Gasteiger partial charge in [0, 0.05) is 56.9 Å². The molecule has 190 valence electrons. The van der Waals surface area contributed by atoms with Crippen molar-refractivity contribution < 1.29 is 9.18 Å². The van der Waals surface area contributed by atoms with Gasteiger partial charge in [-0.3, -0.25) is 9.69 Å². The molecule has 9 heteroatoms. The van der Waals surface area contributed by atoms with Crippen LogP contribution in [-0.2, 0) is 0 Å². The van der Waals surface area contributed by atoms with Crippen LogP contribution in [0.5, 0.6) is 0 Å². The summed E-state index contributed by atoms with van der Waals surface area (Å²) in [6.07, 6.45) is 6.10. The summed E-state index contributed by atoms with van der Waals surface area (Å²) in [7, 11) is 0. The van der Waals surface area contributed by atoms with Gasteiger partial charge in [-0.15, -0.1) is 0 Å². The molecule has 0 unspecified atom stereocenters. The van der Waals surface area contributed by atoms with Gasteiger partial charge in [0.2, 0.25) is 5.95 Å². The van der Waals surface area contributed by atoms with Crippen LogP contribution in [0, 0.1) is 12.7 Å². The molecule has 0 saturated carbocycles. The third-order valence-electron chi connectivity index (χ3n) is 6.52. The van der Waals surface area contributed by atoms with Crippen molar-refractivity contribution in [2.75, 3.05) is 44.2 Å². The Kier molecular flexibility index (Phi) is 7.51. The highest BCUT2D eigenvalue weighted by Gasteiger charge is 2.20. The number of carbonyl (C=O) groups excluding carboxylic acids is 1. The molecule has 1 N–H and O–H groups in total. The average Bonchev–Trinajstić information content (AvgIpc) is 3.38. The molecule has 1 aliphatic heterocycles. The van der Waals surface area contributed by atoms with E-state index < -0.39 is 0 Å². The van der Waals surface area contributed by atoms with Gasteiger partial charge >= 0.3 is 0 Å². The summed E-state index contributed by atoms with van der Waals surface area (Å²) in [6.45, 7) is 7.14. The normalized spacial score (nSPS) is 14.1. The fraction of sp³-hybridized carbons (Fsp3) is 0.286. The number of nitrogens with zero attached hydrogens (tertiary/aromatic N) is 6. The van der Waals surface area contributed by atoms with Gasteiger partial charge in [0.25, 0.3) is 5.91 Å². The molecule has 0 bridgehead atoms. The lowest BCUT2D eigenvalue weighted by molar-refractivity contribution is 0.0952. The number of hydrogen-bond acceptors (Lipinski definition) is 6. The molecule has 1 amide bonds. The van der Waals surface area contributed by atoms with Gasteiger partial charge in [0.15, 0.2) is 0 Å². The van der Waals surface area contributed by atoms with E-state index in [9.17, 15) is 9.18 Å². The average molecular weight is 500 g/mol. The predicted octanol–water partition coefficient (Wildman–Crippen LogP) is 3.72. The molecule has 8 nitrogen and oxygen atoms in total. The van der Waals surface area contributed by atoms with Crippen LogP contribution < -0.4 is 10.2 Å². The van der Waals surface area contributed by atoms with Crippen molar-refractivity contribution in [3.63, 3.8) is 0 Å². The molecular formula is C28H30FN7O. The lowest BCUT2D eigenvalue weighted by Gasteiger charge is -2.34. The first kappa shape index (κ1) is 24.6. The SMILES string of the molecule is Cc1ccc(-c2nn(-c3ccc(F)cc3)cc2C(=O)NCCCN2CCN(c3ncccn3)CC2)cc1. The van der Waals surface area contributed by atoms with Gasteiger partial charge in [0.1, 0.15) is 11.5 Å². The zero-order valence-corrected chi connectivity index (χ0v) is 20.8. The number of benzene rings is 2. The number of piperazine rings is 1. The number of amides is 1. The molecule has 1 fully saturated rings. The van der Waals surface area contributed by atoms with Crippen molar-refractivity contribution in [2.24, 2.45) is 0 Å². The summed E-state index contributed by atoms with van der Waals surface area (Å²) >= 11 is 0. The van der Waals surface area contributed by atoms with E-state index in [4.69, 9.17) is 0 Å². The van der Waals surface area contributed by atoms with Crippen molar-refractivity contribution in [3.8, 4) is 16.9 Å². The second-order valence-corrected chi connectivity index (χ2v) is 9.17. The van der Waals surface area contributed by atoms with Crippen LogP contribution >= 0.6 is 0 Å². The van der Waals surface area contributed by atoms with Crippen molar-refractivity contribution in [1.29, 1.82) is 0 Å². The van der Waals surface area contributed by atoms with E-state index in [0.717, 1.165) is 56.2 Å². The van der Waals surface area contributed by atoms with Crippen LogP contribution in [0.25, 0.3) is 16.9 Å². The summed E-state index contributed by atoms with van der Waals surface area (Å²) in [5.41, 5.74) is 3.77. The Hall–Kier alpha value is -4.11. The minimum Gasteiger partial charge on any atom is -0.352 e. The van der Waals surface area contributed by atoms with E-state index in [-0.39, 0.29) is 11.7 Å². The van der Waals surface area contributed by atoms with Crippen molar-refractivity contribution in [1.82, 2.24) is 30.0 Å². The molecule has 1 saturated heterocycles. The number of anilines is 1. The standard InChI is InChI=1S/C28H30FN7O/c1-21-4-6-22(7-5-21)26-25(20-36(33-26)24-10-8-23(29)9-11-24)27(37)30-14-3-15-34-16-18-35(19-17-34)28-31-12-2-13-32-28/h2,4-13,20H,3,14-19H2,1H3,(H,30,37). The van der Waals surface area contributed by atoms with Gasteiger partial charge in [-0.2, -0.15) is 5.10 Å². The van der Waals surface area contributed by atoms with Crippen LogP contribution in [0.1, 0.15) is 22.3 Å². The third kappa shape index (κ3) is 6.00. The summed E-state index contributed by atoms with van der Waals surface area (Å²) in [5.74, 6) is 0.289. The Balaban J connectivity index is 1.19. The number of hydrogen-bond donors (Lipinski definition) is 1. The van der Waals surface area contributed by atoms with E-state index in [1.807, 2.05) is 37.3 Å². The van der Waals surface area contributed by atoms with Gasteiger partial charge in [-0.1, -0.05) is 29.8 Å². The smallest absolute Gasteiger partial charge is 0.255 e. The third-order valence-corrected chi connectivity index (χ3v) is 6.52. The van der Waals surface area contributed by atoms with Crippen molar-refractivity contribution in [3.05, 3.63) is 90.1 Å². The Morgan fingerprint density at radius 2 is 1.68 bits per heavy atom. The summed E-state index contributed by atoms with van der Waals surface area (Å²) in [5, 5.41) is 7.73. The van der Waals surface area contributed by atoms with Crippen LogP contribution in [0.4, 0.5) is 10.3 Å². The monoisotopic (exact) mass is 499 g/mol. The molecule has 2 aromatic heterocycles. The van der Waals surface area contributed by atoms with Gasteiger partial charge < -0.3 is 10.2 Å². The maximum atomic E-state index is 13.4. The first-order valence-corrected chi connectivity index (χ1v) is 12.5. The van der Waals surface area contributed by atoms with Crippen LogP contribution in [0.2, 0.25) is 0 Å². The maximum Gasteiger partial charge on any atom is 0.255 e. The summed E-state index contributed by atoms with van der Waals surface area (Å²) in [4.78, 5) is 26.5. The number of aromatic nitrogens is 4. The summed E-state index contributed by atoms with van der Waals surface area (Å²) < 4.78 is 15.0. The molecule has 0 aliphatic carbocycles. The maximum absolute atomic E-state index is 13.4. The van der Waals surface area contributed by atoms with Gasteiger partial charge in [0.05, 0.1) is 11.3 Å². The number of halogens is 1. The highest BCUT2D eigenvalue weighted by molar-refractivity contribution is 5.99. The molecule has 1 aliphatic rings. The second-order valence-electron chi connectivity index (χ2n) is 9.17. The van der Waals surface area contributed by atoms with E-state index in [1.54, 1.807) is 35.4 Å². The van der Waals surface area contributed by atoms with E-state index in [1.165, 1.54) is 12.1 Å². The van der Waals surface area contributed by atoms with E-state index >= 15 is 0 Å². The number of nitrogens with one attached hydrogen (secondary N) is 1. The Morgan fingerprint density at radius 1 is 0.973 bits per heavy atom. The van der Waals surface area contributed by atoms with Crippen molar-refractivity contribution in [2.45, 2.75) is 13.3 Å². The Morgan fingerprint density at radius 3 is 2.38 bits per heavy atom. The Bertz CT molecular complexity index is 1320. The fourth-order valence-corrected chi connectivity index (χ4v) is 4.42. The minimum atomic E-state index is -0.317. The molecule has 3 heterocycles. The molecule has 4 aromatic rings. The molecule has 5 rings (SSSR count). The highest BCUT2D eigenvalue weighted by Crippen LogP contribution is 2.24. The quantitative estimate of drug-likeness (QED) is 0.373. The molecule has 0 atom stereocenters. The first-order valence-electron chi connectivity index (χ1n) is 12.5. The van der Waals surface area contributed by atoms with E-state index in [2.05, 4.69) is 30.2 Å². The zero-order valence-electron chi connectivity index (χ0n) is 20.8. The lowest BCUT2D eigenvalue weighted by atomic mass is 10.1. The predicted molar refractivity (Wildman–Crippen MR) is 141 cm³/mol. The summed E-state index contributed by atoms with van der Waals surface area (Å²) in [6, 6.07) is 15.8. The van der Waals surface area contributed by atoms with Crippen LogP contribution in [-0.4, -0.2) is 69.8 Å². The molecule has 0 spiro atoms. The molecule has 2 aromatic carbocycles. The number of carbonyl (C=O) groups is 1. The highest BCUT2D eigenvalue weighted by atomic mass is 19.1. The zero-order chi connectivity index (χ0) is 25.6. The van der Waals surface area contributed by atoms with Gasteiger partial charge in [-0.25, -0.2) is 19.0 Å². The second kappa shape index (κ2) is 11.3. The topological polar surface area (TPSA) is 79.2 Å². The minimum absolute atomic E-state index is 0.171. The van der Waals surface area contributed by atoms with Crippen LogP contribution in [0.3, 0.4) is 0 Å². The lowest BCUT2D eigenvalue weighted by Crippen LogP contribution is -2.47. The van der Waals surface area contributed by atoms with Crippen LogP contribution in [0.15, 0.2) is 73.2 Å². The van der Waals surface area contributed by atoms with E-state index in [0.29, 0.717) is 23.5 Å². The molecule has 0 radical (unpaired) electrons. The fourth-order valence-electron chi connectivity index (χ4n) is 4.42. The van der Waals surface area contributed by atoms with Crippen molar-refractivity contribution >= 4 is 11.9 Å². The number of aryl methyl sites for hydroxylation is 1. The first-order chi connectivity index (χ1) is 18.1. The van der Waals surface area contributed by atoms with Gasteiger partial charge in [-0.05, 0) is 50.2 Å². The molecular weight excluding hydrogens is 469 g/mol. The molecule has 37 heavy (non-hydrogen) atoms. The largest absolute Gasteiger partial charge is 0.352 e.